The zero-order valence-corrected chi connectivity index (χ0v) is 12.0. The molecule has 1 rings (SSSR count). The van der Waals surface area contributed by atoms with E-state index in [-0.39, 0.29) is 12.0 Å². The van der Waals surface area contributed by atoms with E-state index in [1.54, 1.807) is 6.07 Å². The van der Waals surface area contributed by atoms with Crippen molar-refractivity contribution < 1.29 is 9.90 Å². The van der Waals surface area contributed by atoms with Gasteiger partial charge in [0.2, 0.25) is 5.91 Å². The van der Waals surface area contributed by atoms with E-state index in [0.717, 1.165) is 24.1 Å². The van der Waals surface area contributed by atoms with Crippen molar-refractivity contribution in [1.29, 1.82) is 0 Å². The van der Waals surface area contributed by atoms with Crippen LogP contribution in [0.1, 0.15) is 42.6 Å². The normalized spacial score (nSPS) is 11.4. The molecule has 0 fully saturated rings. The number of hydrogen-bond acceptors (Lipinski definition) is 3. The first kappa shape index (κ1) is 15.5. The van der Waals surface area contributed by atoms with Gasteiger partial charge < -0.3 is 16.2 Å². The van der Waals surface area contributed by atoms with Gasteiger partial charge in [-0.15, -0.1) is 0 Å². The van der Waals surface area contributed by atoms with Crippen LogP contribution in [0, 0.1) is 12.3 Å². The highest BCUT2D eigenvalue weighted by molar-refractivity contribution is 5.95. The number of nitrogens with two attached hydrogens (primary N) is 1. The zero-order valence-electron chi connectivity index (χ0n) is 12.0. The van der Waals surface area contributed by atoms with Gasteiger partial charge in [0.05, 0.1) is 6.61 Å². The third-order valence-electron chi connectivity index (χ3n) is 4.09. The fourth-order valence-electron chi connectivity index (χ4n) is 2.16. The Labute approximate surface area is 115 Å². The van der Waals surface area contributed by atoms with E-state index in [0.29, 0.717) is 12.1 Å². The second kappa shape index (κ2) is 6.57. The topological polar surface area (TPSA) is 75.3 Å². The summed E-state index contributed by atoms with van der Waals surface area (Å²) in [5.41, 5.74) is 7.51. The van der Waals surface area contributed by atoms with Gasteiger partial charge in [0, 0.05) is 23.2 Å². The van der Waals surface area contributed by atoms with Crippen LogP contribution in [0.5, 0.6) is 0 Å². The highest BCUT2D eigenvalue weighted by Gasteiger charge is 2.25. The van der Waals surface area contributed by atoms with Crippen molar-refractivity contribution >= 4 is 11.6 Å². The minimum Gasteiger partial charge on any atom is -0.396 e. The van der Waals surface area contributed by atoms with Crippen molar-refractivity contribution in [1.82, 2.24) is 0 Å². The van der Waals surface area contributed by atoms with Gasteiger partial charge in [-0.3, -0.25) is 4.79 Å². The molecule has 0 bridgehead atoms. The summed E-state index contributed by atoms with van der Waals surface area (Å²) in [5.74, 6) is -0.416. The maximum Gasteiger partial charge on any atom is 0.249 e. The Bertz CT molecular complexity index is 432. The molecule has 0 aliphatic rings. The smallest absolute Gasteiger partial charge is 0.249 e. The summed E-state index contributed by atoms with van der Waals surface area (Å²) >= 11 is 0. The number of aliphatic hydroxyl groups is 1. The summed E-state index contributed by atoms with van der Waals surface area (Å²) in [5, 5.41) is 12.9. The lowest BCUT2D eigenvalue weighted by atomic mass is 9.83. The number of anilines is 1. The van der Waals surface area contributed by atoms with E-state index < -0.39 is 5.91 Å². The van der Waals surface area contributed by atoms with Gasteiger partial charge in [-0.05, 0) is 37.5 Å². The van der Waals surface area contributed by atoms with Gasteiger partial charge in [-0.25, -0.2) is 0 Å². The first-order valence-corrected chi connectivity index (χ1v) is 6.74. The van der Waals surface area contributed by atoms with Gasteiger partial charge in [0.15, 0.2) is 0 Å². The van der Waals surface area contributed by atoms with Crippen LogP contribution < -0.4 is 11.1 Å². The lowest BCUT2D eigenvalue weighted by Gasteiger charge is -2.30. The van der Waals surface area contributed by atoms with Crippen LogP contribution in [0.15, 0.2) is 18.2 Å². The fraction of sp³-hybridized carbons (Fsp3) is 0.533. The SMILES string of the molecule is CCC(CC)(CO)CNc1cccc(C(N)=O)c1C. The molecule has 19 heavy (non-hydrogen) atoms. The van der Waals surface area contributed by atoms with Crippen molar-refractivity contribution in [2.75, 3.05) is 18.5 Å². The third kappa shape index (κ3) is 3.47. The highest BCUT2D eigenvalue weighted by Crippen LogP contribution is 2.27. The molecule has 4 nitrogen and oxygen atoms in total. The Hall–Kier alpha value is -1.55. The molecule has 0 unspecified atom stereocenters. The molecule has 4 N–H and O–H groups in total. The standard InChI is InChI=1S/C15H24N2O2/c1-4-15(5-2,10-18)9-17-13-8-6-7-12(11(13)3)14(16)19/h6-8,17-18H,4-5,9-10H2,1-3H3,(H2,16,19). The average Bonchev–Trinajstić information content (AvgIpc) is 2.42. The second-order valence-corrected chi connectivity index (χ2v) is 5.06. The number of carbonyl (C=O) groups is 1. The molecule has 1 aromatic carbocycles. The van der Waals surface area contributed by atoms with Crippen molar-refractivity contribution in [3.63, 3.8) is 0 Å². The number of hydrogen-bond donors (Lipinski definition) is 3. The Morgan fingerprint density at radius 1 is 1.37 bits per heavy atom. The van der Waals surface area contributed by atoms with Crippen LogP contribution in [0.4, 0.5) is 5.69 Å². The number of rotatable bonds is 7. The summed E-state index contributed by atoms with van der Waals surface area (Å²) in [4.78, 5) is 11.3. The Morgan fingerprint density at radius 3 is 2.47 bits per heavy atom. The summed E-state index contributed by atoms with van der Waals surface area (Å²) in [6.45, 7) is 6.87. The van der Waals surface area contributed by atoms with E-state index in [1.807, 2.05) is 19.1 Å². The summed E-state index contributed by atoms with van der Waals surface area (Å²) in [6, 6.07) is 5.46. The van der Waals surface area contributed by atoms with Crippen LogP contribution in [0.25, 0.3) is 0 Å². The van der Waals surface area contributed by atoms with Crippen LogP contribution in [-0.2, 0) is 0 Å². The van der Waals surface area contributed by atoms with Gasteiger partial charge in [-0.1, -0.05) is 19.9 Å². The second-order valence-electron chi connectivity index (χ2n) is 5.06. The van der Waals surface area contributed by atoms with E-state index in [2.05, 4.69) is 19.2 Å². The van der Waals surface area contributed by atoms with E-state index in [4.69, 9.17) is 5.73 Å². The number of aliphatic hydroxyl groups excluding tert-OH is 1. The molecule has 0 saturated heterocycles. The Balaban J connectivity index is 2.89. The molecule has 4 heteroatoms. The van der Waals surface area contributed by atoms with E-state index in [1.165, 1.54) is 0 Å². The molecule has 0 aliphatic carbocycles. The van der Waals surface area contributed by atoms with Crippen LogP contribution in [0.2, 0.25) is 0 Å². The molecule has 0 heterocycles. The molecule has 106 valence electrons. The summed E-state index contributed by atoms with van der Waals surface area (Å²) in [6.07, 6.45) is 1.81. The molecular formula is C15H24N2O2. The molecule has 0 radical (unpaired) electrons. The van der Waals surface area contributed by atoms with Crippen molar-refractivity contribution in [3.8, 4) is 0 Å². The minimum absolute atomic E-state index is 0.116. The molecule has 1 aromatic rings. The predicted molar refractivity (Wildman–Crippen MR) is 78.3 cm³/mol. The Kier molecular flexibility index (Phi) is 5.36. The lowest BCUT2D eigenvalue weighted by Crippen LogP contribution is -2.32. The number of primary amides is 1. The minimum atomic E-state index is -0.416. The first-order chi connectivity index (χ1) is 8.99. The van der Waals surface area contributed by atoms with Crippen LogP contribution in [-0.4, -0.2) is 24.2 Å². The van der Waals surface area contributed by atoms with Crippen molar-refractivity contribution in [2.24, 2.45) is 11.1 Å². The predicted octanol–water partition coefficient (Wildman–Crippen LogP) is 2.30. The van der Waals surface area contributed by atoms with Crippen LogP contribution in [0.3, 0.4) is 0 Å². The molecule has 0 aromatic heterocycles. The first-order valence-electron chi connectivity index (χ1n) is 6.74. The van der Waals surface area contributed by atoms with Gasteiger partial charge in [0.25, 0.3) is 0 Å². The zero-order chi connectivity index (χ0) is 14.5. The van der Waals surface area contributed by atoms with Gasteiger partial charge >= 0.3 is 0 Å². The molecule has 0 aliphatic heterocycles. The van der Waals surface area contributed by atoms with Gasteiger partial charge in [-0.2, -0.15) is 0 Å². The summed E-state index contributed by atoms with van der Waals surface area (Å²) < 4.78 is 0. The maximum absolute atomic E-state index is 11.3. The molecular weight excluding hydrogens is 240 g/mol. The van der Waals surface area contributed by atoms with Crippen molar-refractivity contribution in [3.05, 3.63) is 29.3 Å². The molecule has 1 amide bonds. The highest BCUT2D eigenvalue weighted by atomic mass is 16.3. The maximum atomic E-state index is 11.3. The van der Waals surface area contributed by atoms with Crippen LogP contribution >= 0.6 is 0 Å². The van der Waals surface area contributed by atoms with Gasteiger partial charge in [0.1, 0.15) is 0 Å². The molecule has 0 atom stereocenters. The van der Waals surface area contributed by atoms with E-state index >= 15 is 0 Å². The largest absolute Gasteiger partial charge is 0.396 e. The summed E-state index contributed by atoms with van der Waals surface area (Å²) in [7, 11) is 0. The fourth-order valence-corrected chi connectivity index (χ4v) is 2.16. The number of benzene rings is 1. The average molecular weight is 264 g/mol. The molecule has 0 spiro atoms. The van der Waals surface area contributed by atoms with Crippen molar-refractivity contribution in [2.45, 2.75) is 33.6 Å². The number of nitrogens with one attached hydrogen (secondary N) is 1. The number of carbonyl (C=O) groups excluding carboxylic acids is 1. The third-order valence-corrected chi connectivity index (χ3v) is 4.09. The lowest BCUT2D eigenvalue weighted by molar-refractivity contribution is 0.0999. The molecule has 0 saturated carbocycles. The number of amides is 1. The van der Waals surface area contributed by atoms with E-state index in [9.17, 15) is 9.90 Å². The quantitative estimate of drug-likeness (QED) is 0.707. The Morgan fingerprint density at radius 2 is 2.00 bits per heavy atom. The monoisotopic (exact) mass is 264 g/mol.